The van der Waals surface area contributed by atoms with Gasteiger partial charge in [0.15, 0.2) is 0 Å². The van der Waals surface area contributed by atoms with E-state index in [9.17, 15) is 5.11 Å². The van der Waals surface area contributed by atoms with Crippen LogP contribution in [0.25, 0.3) is 0 Å². The molecule has 0 saturated carbocycles. The molecule has 1 nitrogen and oxygen atoms in total. The zero-order valence-electron chi connectivity index (χ0n) is 10.1. The first kappa shape index (κ1) is 12.7. The molecule has 0 aromatic carbocycles. The third-order valence-electron chi connectivity index (χ3n) is 2.75. The molecule has 1 N–H and O–H groups in total. The van der Waals surface area contributed by atoms with E-state index in [1.807, 2.05) is 6.92 Å². The highest BCUT2D eigenvalue weighted by Gasteiger charge is 2.28. The Morgan fingerprint density at radius 2 is 1.73 bits per heavy atom. The number of aliphatic hydroxyl groups is 1. The van der Waals surface area contributed by atoms with Crippen LogP contribution in [0, 0.1) is 5.92 Å². The molecule has 0 aromatic heterocycles. The standard InChI is InChI=1S/C13H19BrO/c1-7(2)11-10(14)6-9(5)13(15)12(11)8(3)4/h6,9,13,15H,1-5H3/t9-,13-/m1/s1. The van der Waals surface area contributed by atoms with Crippen molar-refractivity contribution in [2.45, 2.75) is 40.7 Å². The van der Waals surface area contributed by atoms with E-state index in [1.54, 1.807) is 0 Å². The molecule has 0 fully saturated rings. The SMILES string of the molecule is CC(C)=C1C(Br)=C[C@@H](C)[C@@H](O)C1=C(C)C. The van der Waals surface area contributed by atoms with Crippen LogP contribution in [-0.2, 0) is 0 Å². The molecule has 0 amide bonds. The maximum absolute atomic E-state index is 10.2. The smallest absolute Gasteiger partial charge is 0.0855 e. The quantitative estimate of drug-likeness (QED) is 0.707. The fraction of sp³-hybridized carbons (Fsp3) is 0.538. The second-order valence-electron chi connectivity index (χ2n) is 4.61. The first-order valence-corrected chi connectivity index (χ1v) is 6.06. The lowest BCUT2D eigenvalue weighted by atomic mass is 9.82. The van der Waals surface area contributed by atoms with Gasteiger partial charge in [0.1, 0.15) is 0 Å². The Bertz CT molecular complexity index is 353. The summed E-state index contributed by atoms with van der Waals surface area (Å²) in [6.45, 7) is 10.3. The van der Waals surface area contributed by atoms with E-state index >= 15 is 0 Å². The van der Waals surface area contributed by atoms with Gasteiger partial charge in [-0.05, 0) is 38.8 Å². The van der Waals surface area contributed by atoms with Crippen molar-refractivity contribution >= 4 is 15.9 Å². The summed E-state index contributed by atoms with van der Waals surface area (Å²) in [4.78, 5) is 0. The number of halogens is 1. The summed E-state index contributed by atoms with van der Waals surface area (Å²) < 4.78 is 1.11. The fourth-order valence-corrected chi connectivity index (χ4v) is 3.03. The van der Waals surface area contributed by atoms with Gasteiger partial charge in [-0.25, -0.2) is 0 Å². The Labute approximate surface area is 101 Å². The molecule has 0 saturated heterocycles. The van der Waals surface area contributed by atoms with Crippen LogP contribution in [0.5, 0.6) is 0 Å². The van der Waals surface area contributed by atoms with Crippen LogP contribution in [0.3, 0.4) is 0 Å². The molecular weight excluding hydrogens is 252 g/mol. The first-order valence-electron chi connectivity index (χ1n) is 5.27. The Kier molecular flexibility index (Phi) is 3.96. The van der Waals surface area contributed by atoms with Crippen LogP contribution < -0.4 is 0 Å². The zero-order valence-corrected chi connectivity index (χ0v) is 11.6. The van der Waals surface area contributed by atoms with Gasteiger partial charge in [-0.15, -0.1) is 0 Å². The van der Waals surface area contributed by atoms with Crippen molar-refractivity contribution in [1.29, 1.82) is 0 Å². The highest BCUT2D eigenvalue weighted by Crippen LogP contribution is 2.39. The van der Waals surface area contributed by atoms with Crippen LogP contribution in [-0.4, -0.2) is 11.2 Å². The number of allylic oxidation sites excluding steroid dienone is 3. The van der Waals surface area contributed by atoms with Crippen molar-refractivity contribution in [3.8, 4) is 0 Å². The van der Waals surface area contributed by atoms with Gasteiger partial charge in [0.2, 0.25) is 0 Å². The van der Waals surface area contributed by atoms with Crippen LogP contribution in [0.4, 0.5) is 0 Å². The van der Waals surface area contributed by atoms with E-state index in [-0.39, 0.29) is 12.0 Å². The van der Waals surface area contributed by atoms with Crippen LogP contribution in [0.1, 0.15) is 34.6 Å². The summed E-state index contributed by atoms with van der Waals surface area (Å²) in [5.74, 6) is 0.173. The van der Waals surface area contributed by atoms with E-state index in [2.05, 4.69) is 49.7 Å². The lowest BCUT2D eigenvalue weighted by Gasteiger charge is -2.29. The molecule has 0 radical (unpaired) electrons. The number of rotatable bonds is 0. The number of aliphatic hydroxyl groups excluding tert-OH is 1. The van der Waals surface area contributed by atoms with Gasteiger partial charge >= 0.3 is 0 Å². The highest BCUT2D eigenvalue weighted by atomic mass is 79.9. The van der Waals surface area contributed by atoms with E-state index in [1.165, 1.54) is 16.7 Å². The monoisotopic (exact) mass is 270 g/mol. The van der Waals surface area contributed by atoms with E-state index < -0.39 is 0 Å². The molecule has 0 aromatic rings. The molecule has 1 aliphatic rings. The van der Waals surface area contributed by atoms with Gasteiger partial charge in [0, 0.05) is 10.4 Å². The number of hydrogen-bond acceptors (Lipinski definition) is 1. The first-order chi connectivity index (χ1) is 6.86. The molecule has 0 spiro atoms. The van der Waals surface area contributed by atoms with Gasteiger partial charge < -0.3 is 5.11 Å². The summed E-state index contributed by atoms with van der Waals surface area (Å²) in [5, 5.41) is 10.2. The minimum atomic E-state index is -0.374. The Morgan fingerprint density at radius 1 is 1.20 bits per heavy atom. The Hall–Kier alpha value is -0.340. The second kappa shape index (κ2) is 4.67. The summed E-state index contributed by atoms with van der Waals surface area (Å²) in [6.07, 6.45) is 1.71. The molecule has 0 aliphatic heterocycles. The Morgan fingerprint density at radius 3 is 2.13 bits per heavy atom. The van der Waals surface area contributed by atoms with E-state index in [0.717, 1.165) is 10.1 Å². The Balaban J connectivity index is 3.43. The summed E-state index contributed by atoms with van der Waals surface area (Å²) in [6, 6.07) is 0. The molecule has 2 heteroatoms. The van der Waals surface area contributed by atoms with Crippen LogP contribution in [0.15, 0.2) is 32.9 Å². The lowest BCUT2D eigenvalue weighted by Crippen LogP contribution is -2.25. The topological polar surface area (TPSA) is 20.2 Å². The molecule has 0 unspecified atom stereocenters. The molecule has 1 rings (SSSR count). The maximum atomic E-state index is 10.2. The van der Waals surface area contributed by atoms with Crippen molar-refractivity contribution in [1.82, 2.24) is 0 Å². The zero-order chi connectivity index (χ0) is 11.7. The van der Waals surface area contributed by atoms with Crippen molar-refractivity contribution in [2.24, 2.45) is 5.92 Å². The minimum absolute atomic E-state index is 0.173. The molecular formula is C13H19BrO. The normalized spacial score (nSPS) is 26.5. The van der Waals surface area contributed by atoms with Gasteiger partial charge in [-0.2, -0.15) is 0 Å². The van der Waals surface area contributed by atoms with Crippen LogP contribution in [0.2, 0.25) is 0 Å². The molecule has 15 heavy (non-hydrogen) atoms. The van der Waals surface area contributed by atoms with Gasteiger partial charge in [0.25, 0.3) is 0 Å². The molecule has 2 atom stereocenters. The summed E-state index contributed by atoms with van der Waals surface area (Å²) in [5.41, 5.74) is 4.67. The van der Waals surface area contributed by atoms with Gasteiger partial charge in [-0.3, -0.25) is 0 Å². The highest BCUT2D eigenvalue weighted by molar-refractivity contribution is 9.12. The maximum Gasteiger partial charge on any atom is 0.0855 e. The third kappa shape index (κ3) is 2.43. The van der Waals surface area contributed by atoms with E-state index in [0.29, 0.717) is 0 Å². The van der Waals surface area contributed by atoms with Crippen molar-refractivity contribution < 1.29 is 5.11 Å². The van der Waals surface area contributed by atoms with Crippen LogP contribution >= 0.6 is 15.9 Å². The summed E-state index contributed by atoms with van der Waals surface area (Å²) >= 11 is 3.59. The van der Waals surface area contributed by atoms with Crippen molar-refractivity contribution in [3.63, 3.8) is 0 Å². The average Bonchev–Trinajstić information content (AvgIpc) is 2.09. The fourth-order valence-electron chi connectivity index (χ4n) is 2.00. The third-order valence-corrected chi connectivity index (χ3v) is 3.41. The van der Waals surface area contributed by atoms with E-state index in [4.69, 9.17) is 0 Å². The lowest BCUT2D eigenvalue weighted by molar-refractivity contribution is 0.171. The van der Waals surface area contributed by atoms with Crippen molar-refractivity contribution in [3.05, 3.63) is 32.9 Å². The summed E-state index contributed by atoms with van der Waals surface area (Å²) in [7, 11) is 0. The molecule has 1 aliphatic carbocycles. The minimum Gasteiger partial charge on any atom is -0.388 e. The van der Waals surface area contributed by atoms with Gasteiger partial charge in [0.05, 0.1) is 6.10 Å². The van der Waals surface area contributed by atoms with Gasteiger partial charge in [-0.1, -0.05) is 40.1 Å². The molecule has 84 valence electrons. The number of hydrogen-bond donors (Lipinski definition) is 1. The average molecular weight is 271 g/mol. The molecule has 0 bridgehead atoms. The predicted octanol–water partition coefficient (Wildman–Crippen LogP) is 3.95. The largest absolute Gasteiger partial charge is 0.388 e. The molecule has 0 heterocycles. The van der Waals surface area contributed by atoms with Crippen molar-refractivity contribution in [2.75, 3.05) is 0 Å². The second-order valence-corrected chi connectivity index (χ2v) is 5.46. The predicted molar refractivity (Wildman–Crippen MR) is 68.9 cm³/mol.